The van der Waals surface area contributed by atoms with Crippen LogP contribution in [-0.4, -0.2) is 44.3 Å². The first-order valence-electron chi connectivity index (χ1n) is 6.05. The van der Waals surface area contributed by atoms with Crippen LogP contribution in [0.2, 0.25) is 0 Å². The van der Waals surface area contributed by atoms with Crippen molar-refractivity contribution in [1.29, 1.82) is 0 Å². The van der Waals surface area contributed by atoms with Crippen molar-refractivity contribution in [2.75, 3.05) is 18.6 Å². The number of sulfone groups is 1. The number of carbonyl (C=O) groups is 1. The van der Waals surface area contributed by atoms with Gasteiger partial charge in [-0.3, -0.25) is 14.9 Å². The number of benzene rings is 1. The van der Waals surface area contributed by atoms with Gasteiger partial charge in [0.15, 0.2) is 27.6 Å². The molecule has 1 fully saturated rings. The molecule has 1 aliphatic rings. The lowest BCUT2D eigenvalue weighted by molar-refractivity contribution is -0.385. The third-order valence-electron chi connectivity index (χ3n) is 3.12. The average molecular weight is 315 g/mol. The van der Waals surface area contributed by atoms with Crippen LogP contribution in [0.5, 0.6) is 11.5 Å². The van der Waals surface area contributed by atoms with Crippen LogP contribution < -0.4 is 9.47 Å². The molecule has 8 nitrogen and oxygen atoms in total. The van der Waals surface area contributed by atoms with Crippen molar-refractivity contribution < 1.29 is 27.6 Å². The van der Waals surface area contributed by atoms with E-state index in [0.717, 1.165) is 6.07 Å². The molecule has 9 heteroatoms. The topological polar surface area (TPSA) is 113 Å². The average Bonchev–Trinajstić information content (AvgIpc) is 2.77. The van der Waals surface area contributed by atoms with Gasteiger partial charge in [0.2, 0.25) is 0 Å². The predicted molar refractivity (Wildman–Crippen MR) is 72.7 cm³/mol. The molecule has 1 aromatic rings. The van der Waals surface area contributed by atoms with Gasteiger partial charge in [0.1, 0.15) is 6.10 Å². The molecule has 0 aliphatic carbocycles. The minimum atomic E-state index is -3.13. The molecular formula is C12H13NO7S. The Bertz CT molecular complexity index is 683. The Morgan fingerprint density at radius 1 is 1.38 bits per heavy atom. The van der Waals surface area contributed by atoms with Crippen LogP contribution in [0.25, 0.3) is 0 Å². The number of carbonyl (C=O) groups excluding carboxylic acids is 1. The van der Waals surface area contributed by atoms with Crippen molar-refractivity contribution in [1.82, 2.24) is 0 Å². The van der Waals surface area contributed by atoms with Gasteiger partial charge in [-0.2, -0.15) is 0 Å². The number of aldehydes is 1. The summed E-state index contributed by atoms with van der Waals surface area (Å²) in [6.45, 7) is 0. The summed E-state index contributed by atoms with van der Waals surface area (Å²) in [7, 11) is -1.80. The van der Waals surface area contributed by atoms with E-state index in [0.29, 0.717) is 12.7 Å². The van der Waals surface area contributed by atoms with Gasteiger partial charge in [0, 0.05) is 6.07 Å². The second-order valence-corrected chi connectivity index (χ2v) is 6.81. The Morgan fingerprint density at radius 3 is 2.57 bits per heavy atom. The number of nitro groups is 1. The maximum Gasteiger partial charge on any atom is 0.283 e. The highest BCUT2D eigenvalue weighted by molar-refractivity contribution is 7.91. The molecule has 0 aromatic heterocycles. The summed E-state index contributed by atoms with van der Waals surface area (Å²) in [5, 5.41) is 10.9. The Balaban J connectivity index is 2.36. The van der Waals surface area contributed by atoms with Gasteiger partial charge in [-0.25, -0.2) is 8.42 Å². The lowest BCUT2D eigenvalue weighted by Crippen LogP contribution is -2.18. The first-order valence-corrected chi connectivity index (χ1v) is 7.87. The molecule has 1 aromatic carbocycles. The first-order chi connectivity index (χ1) is 9.86. The van der Waals surface area contributed by atoms with E-state index in [1.807, 2.05) is 0 Å². The van der Waals surface area contributed by atoms with Crippen LogP contribution in [0.3, 0.4) is 0 Å². The molecule has 1 heterocycles. The van der Waals surface area contributed by atoms with Crippen LogP contribution in [0.4, 0.5) is 5.69 Å². The van der Waals surface area contributed by atoms with Crippen molar-refractivity contribution in [3.63, 3.8) is 0 Å². The number of hydrogen-bond acceptors (Lipinski definition) is 7. The summed E-state index contributed by atoms with van der Waals surface area (Å²) in [6, 6.07) is 2.28. The molecule has 0 radical (unpaired) electrons. The summed E-state index contributed by atoms with van der Waals surface area (Å²) >= 11 is 0. The molecule has 2 rings (SSSR count). The first kappa shape index (κ1) is 15.2. The molecule has 1 saturated heterocycles. The molecule has 0 bridgehead atoms. The molecule has 0 N–H and O–H groups in total. The summed E-state index contributed by atoms with van der Waals surface area (Å²) < 4.78 is 33.3. The summed E-state index contributed by atoms with van der Waals surface area (Å²) in [4.78, 5) is 21.1. The maximum atomic E-state index is 11.4. The highest BCUT2D eigenvalue weighted by Crippen LogP contribution is 2.35. The Labute approximate surface area is 120 Å². The zero-order valence-electron chi connectivity index (χ0n) is 11.1. The third-order valence-corrected chi connectivity index (χ3v) is 4.86. The molecule has 0 amide bonds. The maximum absolute atomic E-state index is 11.4. The highest BCUT2D eigenvalue weighted by atomic mass is 32.2. The van der Waals surface area contributed by atoms with E-state index >= 15 is 0 Å². The monoisotopic (exact) mass is 315 g/mol. The van der Waals surface area contributed by atoms with Gasteiger partial charge >= 0.3 is 0 Å². The number of methoxy groups -OCH3 is 1. The van der Waals surface area contributed by atoms with Gasteiger partial charge in [-0.15, -0.1) is 0 Å². The van der Waals surface area contributed by atoms with Gasteiger partial charge in [-0.1, -0.05) is 0 Å². The number of rotatable bonds is 5. The largest absolute Gasteiger partial charge is 0.493 e. The van der Waals surface area contributed by atoms with E-state index in [9.17, 15) is 23.3 Å². The SMILES string of the molecule is COc1cc(C=O)c([N+](=O)[O-])cc1OC1CCS(=O)(=O)C1. The van der Waals surface area contributed by atoms with Crippen LogP contribution >= 0.6 is 0 Å². The number of hydrogen-bond donors (Lipinski definition) is 0. The molecule has 1 unspecified atom stereocenters. The van der Waals surface area contributed by atoms with Gasteiger partial charge in [0.05, 0.1) is 35.2 Å². The van der Waals surface area contributed by atoms with E-state index in [2.05, 4.69) is 0 Å². The molecule has 21 heavy (non-hydrogen) atoms. The summed E-state index contributed by atoms with van der Waals surface area (Å²) in [5.41, 5.74) is -0.551. The normalized spacial score (nSPS) is 20.0. The van der Waals surface area contributed by atoms with Gasteiger partial charge in [0.25, 0.3) is 5.69 Å². The molecular weight excluding hydrogens is 302 g/mol. The van der Waals surface area contributed by atoms with Gasteiger partial charge < -0.3 is 9.47 Å². The smallest absolute Gasteiger partial charge is 0.283 e. The number of nitrogens with zero attached hydrogens (tertiary/aromatic N) is 1. The van der Waals surface area contributed by atoms with Crippen molar-refractivity contribution >= 4 is 21.8 Å². The highest BCUT2D eigenvalue weighted by Gasteiger charge is 2.31. The van der Waals surface area contributed by atoms with Crippen molar-refractivity contribution in [2.45, 2.75) is 12.5 Å². The fraction of sp³-hybridized carbons (Fsp3) is 0.417. The second kappa shape index (κ2) is 5.68. The fourth-order valence-corrected chi connectivity index (χ4v) is 3.69. The van der Waals surface area contributed by atoms with Crippen molar-refractivity contribution in [3.8, 4) is 11.5 Å². The Hall–Kier alpha value is -2.16. The van der Waals surface area contributed by atoms with E-state index in [4.69, 9.17) is 9.47 Å². The predicted octanol–water partition coefficient (Wildman–Crippen LogP) is 0.982. The molecule has 1 atom stereocenters. The molecule has 1 aliphatic heterocycles. The minimum Gasteiger partial charge on any atom is -0.493 e. The van der Waals surface area contributed by atoms with Crippen LogP contribution in [-0.2, 0) is 9.84 Å². The van der Waals surface area contributed by atoms with Crippen molar-refractivity contribution in [2.24, 2.45) is 0 Å². The zero-order chi connectivity index (χ0) is 15.6. The van der Waals surface area contributed by atoms with E-state index in [1.165, 1.54) is 13.2 Å². The van der Waals surface area contributed by atoms with E-state index in [-0.39, 0.29) is 28.6 Å². The van der Waals surface area contributed by atoms with Crippen molar-refractivity contribution in [3.05, 3.63) is 27.8 Å². The van der Waals surface area contributed by atoms with Crippen LogP contribution in [0.1, 0.15) is 16.8 Å². The summed E-state index contributed by atoms with van der Waals surface area (Å²) in [6.07, 6.45) is 0.0877. The van der Waals surface area contributed by atoms with Crippen LogP contribution in [0, 0.1) is 10.1 Å². The quantitative estimate of drug-likeness (QED) is 0.452. The molecule has 0 spiro atoms. The molecule has 0 saturated carbocycles. The van der Waals surface area contributed by atoms with Gasteiger partial charge in [-0.05, 0) is 6.42 Å². The standard InChI is InChI=1S/C12H13NO7S/c1-19-11-4-8(6-14)10(13(15)16)5-12(11)20-9-2-3-21(17,18)7-9/h4-6,9H,2-3,7H2,1H3. The second-order valence-electron chi connectivity index (χ2n) is 4.58. The Morgan fingerprint density at radius 2 is 2.10 bits per heavy atom. The zero-order valence-corrected chi connectivity index (χ0v) is 12.0. The molecule has 114 valence electrons. The number of ether oxygens (including phenoxy) is 2. The fourth-order valence-electron chi connectivity index (χ4n) is 2.10. The third kappa shape index (κ3) is 3.30. The summed E-state index contributed by atoms with van der Waals surface area (Å²) in [5.74, 6) is 0.0809. The van der Waals surface area contributed by atoms with Crippen LogP contribution in [0.15, 0.2) is 12.1 Å². The van der Waals surface area contributed by atoms with E-state index < -0.39 is 26.6 Å². The van der Waals surface area contributed by atoms with E-state index in [1.54, 1.807) is 0 Å². The lowest BCUT2D eigenvalue weighted by Gasteiger charge is -2.15. The Kier molecular flexibility index (Phi) is 4.12. The lowest BCUT2D eigenvalue weighted by atomic mass is 10.1. The number of nitro benzene ring substituents is 1. The minimum absolute atomic E-state index is 0.0223.